The minimum absolute atomic E-state index is 0.0683. The van der Waals surface area contributed by atoms with Crippen molar-refractivity contribution in [2.75, 3.05) is 44.4 Å². The fraction of sp³-hybridized carbons (Fsp3) is 0.348. The monoisotopic (exact) mass is 381 g/mol. The number of anilines is 1. The number of hydrogen-bond acceptors (Lipinski definition) is 5. The van der Waals surface area contributed by atoms with Crippen LogP contribution in [0.1, 0.15) is 29.8 Å². The first kappa shape index (κ1) is 20.0. The van der Waals surface area contributed by atoms with E-state index in [-0.39, 0.29) is 5.78 Å². The lowest BCUT2D eigenvalue weighted by Gasteiger charge is -2.28. The summed E-state index contributed by atoms with van der Waals surface area (Å²) in [4.78, 5) is 14.9. The summed E-state index contributed by atoms with van der Waals surface area (Å²) < 4.78 is 16.5. The molecule has 1 saturated heterocycles. The number of nitrogens with zero attached hydrogens (tertiary/aromatic N) is 1. The number of rotatable bonds is 8. The lowest BCUT2D eigenvalue weighted by molar-refractivity contribution is 0.104. The van der Waals surface area contributed by atoms with Crippen molar-refractivity contribution in [3.05, 3.63) is 59.7 Å². The Kier molecular flexibility index (Phi) is 7.09. The molecule has 0 unspecified atom stereocenters. The molecule has 0 atom stereocenters. The van der Waals surface area contributed by atoms with E-state index in [9.17, 15) is 4.79 Å². The van der Waals surface area contributed by atoms with Crippen molar-refractivity contribution in [3.8, 4) is 11.5 Å². The first-order valence-corrected chi connectivity index (χ1v) is 9.76. The molecule has 0 aromatic heterocycles. The molecule has 148 valence electrons. The molecule has 2 aromatic rings. The van der Waals surface area contributed by atoms with E-state index in [1.165, 1.54) is 5.69 Å². The van der Waals surface area contributed by atoms with Gasteiger partial charge in [0.05, 0.1) is 26.4 Å². The van der Waals surface area contributed by atoms with Crippen LogP contribution in [0.3, 0.4) is 0 Å². The van der Waals surface area contributed by atoms with E-state index >= 15 is 0 Å². The third-order valence-corrected chi connectivity index (χ3v) is 4.52. The Labute approximate surface area is 166 Å². The van der Waals surface area contributed by atoms with E-state index in [0.717, 1.165) is 31.9 Å². The van der Waals surface area contributed by atoms with Crippen molar-refractivity contribution in [2.45, 2.75) is 13.8 Å². The number of morpholine rings is 1. The second-order valence-electron chi connectivity index (χ2n) is 6.42. The van der Waals surface area contributed by atoms with Crippen LogP contribution in [0.25, 0.3) is 6.08 Å². The Balaban J connectivity index is 1.68. The summed E-state index contributed by atoms with van der Waals surface area (Å²) >= 11 is 0. The Bertz CT molecular complexity index is 808. The number of benzene rings is 2. The summed E-state index contributed by atoms with van der Waals surface area (Å²) in [5.41, 5.74) is 2.74. The third kappa shape index (κ3) is 5.14. The zero-order valence-electron chi connectivity index (χ0n) is 16.5. The molecule has 5 heteroatoms. The number of hydrogen-bond donors (Lipinski definition) is 0. The van der Waals surface area contributed by atoms with Gasteiger partial charge in [0.25, 0.3) is 0 Å². The van der Waals surface area contributed by atoms with Crippen LogP contribution in [0, 0.1) is 0 Å². The smallest absolute Gasteiger partial charge is 0.185 e. The molecule has 0 N–H and O–H groups in total. The van der Waals surface area contributed by atoms with E-state index in [0.29, 0.717) is 30.3 Å². The minimum atomic E-state index is -0.0683. The second kappa shape index (κ2) is 9.95. The standard InChI is InChI=1S/C23H27NO4/c1-3-27-22-12-8-19(17-23(22)28-4-2)21(25)11-7-18-5-9-20(10-6-18)24-13-15-26-16-14-24/h5-12,17H,3-4,13-16H2,1-2H3/b11-7+. The van der Waals surface area contributed by atoms with Gasteiger partial charge in [-0.1, -0.05) is 18.2 Å². The summed E-state index contributed by atoms with van der Waals surface area (Å²) in [7, 11) is 0. The minimum Gasteiger partial charge on any atom is -0.490 e. The fourth-order valence-electron chi connectivity index (χ4n) is 3.09. The highest BCUT2D eigenvalue weighted by Crippen LogP contribution is 2.29. The number of ether oxygens (including phenoxy) is 3. The van der Waals surface area contributed by atoms with Crippen LogP contribution < -0.4 is 14.4 Å². The number of carbonyl (C=O) groups is 1. The summed E-state index contributed by atoms with van der Waals surface area (Å²) in [5, 5.41) is 0. The summed E-state index contributed by atoms with van der Waals surface area (Å²) in [6.45, 7) is 8.24. The molecule has 1 aliphatic rings. The Morgan fingerprint density at radius 2 is 1.68 bits per heavy atom. The van der Waals surface area contributed by atoms with Crippen LogP contribution in [0.5, 0.6) is 11.5 Å². The van der Waals surface area contributed by atoms with Gasteiger partial charge in [-0.3, -0.25) is 4.79 Å². The zero-order valence-corrected chi connectivity index (χ0v) is 16.5. The zero-order chi connectivity index (χ0) is 19.8. The molecule has 0 spiro atoms. The van der Waals surface area contributed by atoms with Gasteiger partial charge in [-0.2, -0.15) is 0 Å². The van der Waals surface area contributed by atoms with Gasteiger partial charge in [0.1, 0.15) is 0 Å². The predicted octanol–water partition coefficient (Wildman–Crippen LogP) is 4.22. The van der Waals surface area contributed by atoms with Crippen molar-refractivity contribution < 1.29 is 19.0 Å². The molecule has 0 bridgehead atoms. The molecular weight excluding hydrogens is 354 g/mol. The average molecular weight is 381 g/mol. The third-order valence-electron chi connectivity index (χ3n) is 4.52. The second-order valence-corrected chi connectivity index (χ2v) is 6.42. The van der Waals surface area contributed by atoms with Crippen molar-refractivity contribution >= 4 is 17.5 Å². The fourth-order valence-corrected chi connectivity index (χ4v) is 3.09. The normalized spacial score (nSPS) is 14.3. The molecule has 0 radical (unpaired) electrons. The van der Waals surface area contributed by atoms with Crippen LogP contribution in [0.4, 0.5) is 5.69 Å². The average Bonchev–Trinajstić information content (AvgIpc) is 2.74. The number of ketones is 1. The highest BCUT2D eigenvalue weighted by Gasteiger charge is 2.11. The predicted molar refractivity (Wildman–Crippen MR) is 112 cm³/mol. The largest absolute Gasteiger partial charge is 0.490 e. The van der Waals surface area contributed by atoms with E-state index < -0.39 is 0 Å². The molecule has 0 saturated carbocycles. The van der Waals surface area contributed by atoms with Gasteiger partial charge in [-0.05, 0) is 55.8 Å². The quantitative estimate of drug-likeness (QED) is 0.506. The van der Waals surface area contributed by atoms with Gasteiger partial charge in [-0.25, -0.2) is 0 Å². The Morgan fingerprint density at radius 3 is 2.36 bits per heavy atom. The molecule has 0 amide bonds. The molecule has 1 heterocycles. The topological polar surface area (TPSA) is 48.0 Å². The highest BCUT2D eigenvalue weighted by atomic mass is 16.5. The van der Waals surface area contributed by atoms with Crippen LogP contribution in [-0.4, -0.2) is 45.3 Å². The van der Waals surface area contributed by atoms with Crippen molar-refractivity contribution in [2.24, 2.45) is 0 Å². The van der Waals surface area contributed by atoms with Gasteiger partial charge in [-0.15, -0.1) is 0 Å². The Hall–Kier alpha value is -2.79. The van der Waals surface area contributed by atoms with Gasteiger partial charge in [0, 0.05) is 24.3 Å². The van der Waals surface area contributed by atoms with Gasteiger partial charge in [0.2, 0.25) is 0 Å². The van der Waals surface area contributed by atoms with Crippen LogP contribution in [0.15, 0.2) is 48.5 Å². The molecule has 28 heavy (non-hydrogen) atoms. The van der Waals surface area contributed by atoms with Crippen LogP contribution >= 0.6 is 0 Å². The van der Waals surface area contributed by atoms with Gasteiger partial charge >= 0.3 is 0 Å². The summed E-state index contributed by atoms with van der Waals surface area (Å²) in [6, 6.07) is 13.5. The highest BCUT2D eigenvalue weighted by molar-refractivity contribution is 6.07. The first-order valence-electron chi connectivity index (χ1n) is 9.76. The molecule has 5 nitrogen and oxygen atoms in total. The lowest BCUT2D eigenvalue weighted by Crippen LogP contribution is -2.36. The van der Waals surface area contributed by atoms with E-state index in [1.54, 1.807) is 24.3 Å². The molecule has 0 aliphatic carbocycles. The molecule has 2 aromatic carbocycles. The molecule has 1 fully saturated rings. The maximum Gasteiger partial charge on any atom is 0.185 e. The first-order chi connectivity index (χ1) is 13.7. The van der Waals surface area contributed by atoms with Gasteiger partial charge in [0.15, 0.2) is 17.3 Å². The SMILES string of the molecule is CCOc1ccc(C(=O)/C=C/c2ccc(N3CCOCC3)cc2)cc1OCC. The van der Waals surface area contributed by atoms with Crippen LogP contribution in [-0.2, 0) is 4.74 Å². The van der Waals surface area contributed by atoms with Crippen molar-refractivity contribution in [1.82, 2.24) is 0 Å². The van der Waals surface area contributed by atoms with E-state index in [2.05, 4.69) is 17.0 Å². The van der Waals surface area contributed by atoms with E-state index in [4.69, 9.17) is 14.2 Å². The molecular formula is C23H27NO4. The van der Waals surface area contributed by atoms with Crippen molar-refractivity contribution in [1.29, 1.82) is 0 Å². The van der Waals surface area contributed by atoms with Crippen LogP contribution in [0.2, 0.25) is 0 Å². The Morgan fingerprint density at radius 1 is 1.00 bits per heavy atom. The van der Waals surface area contributed by atoms with E-state index in [1.807, 2.05) is 32.1 Å². The molecule has 1 aliphatic heterocycles. The maximum atomic E-state index is 12.6. The maximum absolute atomic E-state index is 12.6. The lowest BCUT2D eigenvalue weighted by atomic mass is 10.1. The van der Waals surface area contributed by atoms with Gasteiger partial charge < -0.3 is 19.1 Å². The molecule has 3 rings (SSSR count). The summed E-state index contributed by atoms with van der Waals surface area (Å²) in [6.07, 6.45) is 3.43. The van der Waals surface area contributed by atoms with Crippen molar-refractivity contribution in [3.63, 3.8) is 0 Å². The number of carbonyl (C=O) groups excluding carboxylic acids is 1. The number of allylic oxidation sites excluding steroid dienone is 1. The summed E-state index contributed by atoms with van der Waals surface area (Å²) in [5.74, 6) is 1.18.